The number of anilines is 1. The van der Waals surface area contributed by atoms with Gasteiger partial charge in [-0.2, -0.15) is 0 Å². The van der Waals surface area contributed by atoms with E-state index in [1.165, 1.54) is 29.7 Å². The molecule has 0 spiro atoms. The fourth-order valence-electron chi connectivity index (χ4n) is 3.01. The first-order chi connectivity index (χ1) is 10.3. The molecule has 2 nitrogen and oxygen atoms in total. The third-order valence-electron chi connectivity index (χ3n) is 4.39. The molecule has 0 atom stereocenters. The van der Waals surface area contributed by atoms with Gasteiger partial charge in [0.15, 0.2) is 0 Å². The maximum absolute atomic E-state index is 6.47. The summed E-state index contributed by atoms with van der Waals surface area (Å²) >= 11 is 8.35. The number of rotatable bonds is 4. The van der Waals surface area contributed by atoms with Gasteiger partial charge in [-0.3, -0.25) is 0 Å². The minimum absolute atomic E-state index is 0.707. The Hall–Kier alpha value is -1.03. The summed E-state index contributed by atoms with van der Waals surface area (Å²) in [5.74, 6) is 0. The summed E-state index contributed by atoms with van der Waals surface area (Å²) < 4.78 is 0. The van der Waals surface area contributed by atoms with Gasteiger partial charge in [-0.15, -0.1) is 11.3 Å². The van der Waals surface area contributed by atoms with Gasteiger partial charge in [-0.05, 0) is 48.4 Å². The molecule has 2 aromatic rings. The Kier molecular flexibility index (Phi) is 3.66. The van der Waals surface area contributed by atoms with Crippen LogP contribution in [0, 0.1) is 0 Å². The summed E-state index contributed by atoms with van der Waals surface area (Å²) in [6.07, 6.45) is 3.76. The van der Waals surface area contributed by atoms with Crippen molar-refractivity contribution in [3.63, 3.8) is 0 Å². The molecule has 1 aliphatic heterocycles. The third-order valence-corrected chi connectivity index (χ3v) is 5.76. The Morgan fingerprint density at radius 1 is 1.29 bits per heavy atom. The Bertz CT molecular complexity index is 648. The molecule has 1 aromatic carbocycles. The van der Waals surface area contributed by atoms with E-state index < -0.39 is 0 Å². The number of fused-ring (bicyclic) bond motifs is 1. The van der Waals surface area contributed by atoms with Gasteiger partial charge in [0.05, 0.1) is 0 Å². The molecule has 0 radical (unpaired) electrons. The Morgan fingerprint density at radius 3 is 3.05 bits per heavy atom. The van der Waals surface area contributed by atoms with E-state index in [4.69, 9.17) is 11.6 Å². The summed E-state index contributed by atoms with van der Waals surface area (Å²) in [6.45, 7) is 2.98. The average molecular weight is 319 g/mol. The lowest BCUT2D eigenvalue weighted by Crippen LogP contribution is -2.31. The number of benzene rings is 1. The van der Waals surface area contributed by atoms with Crippen molar-refractivity contribution in [2.75, 3.05) is 11.4 Å². The van der Waals surface area contributed by atoms with E-state index in [0.29, 0.717) is 6.04 Å². The van der Waals surface area contributed by atoms with Crippen LogP contribution in [0.5, 0.6) is 0 Å². The number of thiophene rings is 1. The quantitative estimate of drug-likeness (QED) is 0.908. The predicted molar refractivity (Wildman–Crippen MR) is 90.4 cm³/mol. The fourth-order valence-corrected chi connectivity index (χ4v) is 4.13. The van der Waals surface area contributed by atoms with Gasteiger partial charge in [-0.25, -0.2) is 0 Å². The highest BCUT2D eigenvalue weighted by atomic mass is 35.5. The van der Waals surface area contributed by atoms with Crippen molar-refractivity contribution in [2.45, 2.75) is 38.4 Å². The first-order valence-electron chi connectivity index (χ1n) is 7.62. The van der Waals surface area contributed by atoms with Crippen molar-refractivity contribution < 1.29 is 0 Å². The van der Waals surface area contributed by atoms with E-state index in [9.17, 15) is 0 Å². The molecule has 4 heteroatoms. The van der Waals surface area contributed by atoms with Crippen LogP contribution in [0.1, 0.15) is 28.8 Å². The van der Waals surface area contributed by atoms with Crippen LogP contribution in [-0.4, -0.2) is 12.6 Å². The molecular weight excluding hydrogens is 300 g/mol. The van der Waals surface area contributed by atoms with Crippen LogP contribution in [0.4, 0.5) is 5.69 Å². The molecule has 1 aromatic heterocycles. The highest BCUT2D eigenvalue weighted by Crippen LogP contribution is 2.33. The van der Waals surface area contributed by atoms with E-state index >= 15 is 0 Å². The molecule has 2 heterocycles. The Balaban J connectivity index is 1.60. The minimum Gasteiger partial charge on any atom is -0.366 e. The van der Waals surface area contributed by atoms with Gasteiger partial charge < -0.3 is 10.2 Å². The number of hydrogen-bond acceptors (Lipinski definition) is 3. The molecular formula is C17H19ClN2S. The van der Waals surface area contributed by atoms with Crippen molar-refractivity contribution in [3.8, 4) is 0 Å². The maximum Gasteiger partial charge on any atom is 0.0471 e. The van der Waals surface area contributed by atoms with E-state index in [1.807, 2.05) is 17.4 Å². The molecule has 1 fully saturated rings. The molecule has 0 saturated heterocycles. The van der Waals surface area contributed by atoms with E-state index in [0.717, 1.165) is 31.1 Å². The van der Waals surface area contributed by atoms with Crippen LogP contribution in [0.3, 0.4) is 0 Å². The van der Waals surface area contributed by atoms with Crippen LogP contribution in [0.15, 0.2) is 29.6 Å². The predicted octanol–water partition coefficient (Wildman–Crippen LogP) is 4.22. The first-order valence-corrected chi connectivity index (χ1v) is 8.88. The molecule has 1 aliphatic carbocycles. The summed E-state index contributed by atoms with van der Waals surface area (Å²) in [5, 5.41) is 6.69. The molecule has 1 saturated carbocycles. The normalized spacial score (nSPS) is 17.9. The molecule has 0 bridgehead atoms. The molecule has 0 amide bonds. The lowest BCUT2D eigenvalue weighted by molar-refractivity contribution is 0.677. The minimum atomic E-state index is 0.707. The SMILES string of the molecule is Clc1cccc(N2CCc3sccc3C2)c1CNC1CC1. The molecule has 0 unspecified atom stereocenters. The highest BCUT2D eigenvalue weighted by molar-refractivity contribution is 7.10. The highest BCUT2D eigenvalue weighted by Gasteiger charge is 2.23. The maximum atomic E-state index is 6.47. The molecule has 1 N–H and O–H groups in total. The van der Waals surface area contributed by atoms with Crippen LogP contribution >= 0.6 is 22.9 Å². The zero-order valence-electron chi connectivity index (χ0n) is 11.9. The van der Waals surface area contributed by atoms with E-state index in [1.54, 1.807) is 4.88 Å². The summed E-state index contributed by atoms with van der Waals surface area (Å²) in [7, 11) is 0. The standard InChI is InChI=1S/C17H19ClN2S/c18-15-2-1-3-16(14(15)10-19-13-4-5-13)20-8-6-17-12(11-20)7-9-21-17/h1-3,7,9,13,19H,4-6,8,10-11H2. The smallest absolute Gasteiger partial charge is 0.0471 e. The first kappa shape index (κ1) is 13.6. The van der Waals surface area contributed by atoms with Gasteiger partial charge >= 0.3 is 0 Å². The number of hydrogen-bond donors (Lipinski definition) is 1. The average Bonchev–Trinajstić information content (AvgIpc) is 3.21. The van der Waals surface area contributed by atoms with Crippen molar-refractivity contribution >= 4 is 28.6 Å². The zero-order valence-corrected chi connectivity index (χ0v) is 13.5. The van der Waals surface area contributed by atoms with Gasteiger partial charge in [-0.1, -0.05) is 17.7 Å². The van der Waals surface area contributed by atoms with E-state index in [2.05, 4.69) is 33.8 Å². The van der Waals surface area contributed by atoms with Gasteiger partial charge in [0.25, 0.3) is 0 Å². The van der Waals surface area contributed by atoms with Crippen molar-refractivity contribution in [1.29, 1.82) is 0 Å². The lowest BCUT2D eigenvalue weighted by Gasteiger charge is -2.31. The number of halogens is 1. The fraction of sp³-hybridized carbons (Fsp3) is 0.412. The third kappa shape index (κ3) is 2.83. The summed E-state index contributed by atoms with van der Waals surface area (Å²) in [4.78, 5) is 4.02. The Morgan fingerprint density at radius 2 is 2.19 bits per heavy atom. The number of nitrogens with one attached hydrogen (secondary N) is 1. The van der Waals surface area contributed by atoms with Crippen LogP contribution in [0.25, 0.3) is 0 Å². The lowest BCUT2D eigenvalue weighted by atomic mass is 10.1. The summed E-state index contributed by atoms with van der Waals surface area (Å²) in [5.41, 5.74) is 4.03. The second-order valence-corrected chi connectivity index (χ2v) is 7.34. The van der Waals surface area contributed by atoms with Crippen LogP contribution < -0.4 is 10.2 Å². The number of nitrogens with zero attached hydrogens (tertiary/aromatic N) is 1. The van der Waals surface area contributed by atoms with Crippen molar-refractivity contribution in [2.24, 2.45) is 0 Å². The topological polar surface area (TPSA) is 15.3 Å². The van der Waals surface area contributed by atoms with Crippen molar-refractivity contribution in [3.05, 3.63) is 50.7 Å². The van der Waals surface area contributed by atoms with Crippen molar-refractivity contribution in [1.82, 2.24) is 5.32 Å². The Labute approximate surface area is 134 Å². The molecule has 2 aliphatic rings. The molecule has 21 heavy (non-hydrogen) atoms. The second-order valence-electron chi connectivity index (χ2n) is 5.93. The van der Waals surface area contributed by atoms with Gasteiger partial charge in [0.1, 0.15) is 0 Å². The summed E-state index contributed by atoms with van der Waals surface area (Å²) in [6, 6.07) is 9.27. The monoisotopic (exact) mass is 318 g/mol. The largest absolute Gasteiger partial charge is 0.366 e. The van der Waals surface area contributed by atoms with E-state index in [-0.39, 0.29) is 0 Å². The van der Waals surface area contributed by atoms with Gasteiger partial charge in [0.2, 0.25) is 0 Å². The van der Waals surface area contributed by atoms with Crippen LogP contribution in [-0.2, 0) is 19.5 Å². The molecule has 4 rings (SSSR count). The van der Waals surface area contributed by atoms with Gasteiger partial charge in [0, 0.05) is 46.8 Å². The zero-order chi connectivity index (χ0) is 14.2. The molecule has 110 valence electrons. The van der Waals surface area contributed by atoms with Crippen LogP contribution in [0.2, 0.25) is 5.02 Å². The second kappa shape index (κ2) is 5.64.